The van der Waals surface area contributed by atoms with E-state index in [1.54, 1.807) is 6.33 Å². The first-order valence-electron chi connectivity index (χ1n) is 6.37. The van der Waals surface area contributed by atoms with Gasteiger partial charge >= 0.3 is 0 Å². The predicted molar refractivity (Wildman–Crippen MR) is 71.7 cm³/mol. The molecule has 2 atom stereocenters. The number of nitrogens with one attached hydrogen (secondary N) is 2. The molecule has 96 valence electrons. The van der Waals surface area contributed by atoms with E-state index in [1.165, 1.54) is 25.7 Å². The lowest BCUT2D eigenvalue weighted by Crippen LogP contribution is -2.30. The van der Waals surface area contributed by atoms with Crippen LogP contribution in [0.1, 0.15) is 32.6 Å². The molecule has 1 fully saturated rings. The van der Waals surface area contributed by atoms with E-state index in [1.807, 2.05) is 0 Å². The van der Waals surface area contributed by atoms with Crippen LogP contribution < -0.4 is 5.32 Å². The Morgan fingerprint density at radius 3 is 3.00 bits per heavy atom. The molecule has 0 amide bonds. The third-order valence-corrected chi connectivity index (χ3v) is 3.86. The molecule has 2 heterocycles. The van der Waals surface area contributed by atoms with Crippen LogP contribution in [0.15, 0.2) is 6.33 Å². The maximum absolute atomic E-state index is 5.92. The summed E-state index contributed by atoms with van der Waals surface area (Å²) in [4.78, 5) is 15.5. The van der Waals surface area contributed by atoms with E-state index in [9.17, 15) is 0 Å². The molecule has 1 aliphatic carbocycles. The van der Waals surface area contributed by atoms with Crippen molar-refractivity contribution in [3.05, 3.63) is 11.6 Å². The van der Waals surface area contributed by atoms with Gasteiger partial charge in [-0.05, 0) is 30.4 Å². The maximum atomic E-state index is 5.92. The van der Waals surface area contributed by atoms with Crippen molar-refractivity contribution in [3.63, 3.8) is 0 Å². The van der Waals surface area contributed by atoms with Crippen molar-refractivity contribution in [2.24, 2.45) is 5.92 Å². The minimum absolute atomic E-state index is 0.237. The molecule has 1 aliphatic rings. The highest BCUT2D eigenvalue weighted by Gasteiger charge is 2.22. The molecule has 0 aromatic carbocycles. The molecule has 0 spiro atoms. The fourth-order valence-corrected chi connectivity index (χ4v) is 2.78. The largest absolute Gasteiger partial charge is 0.365 e. The zero-order chi connectivity index (χ0) is 12.5. The van der Waals surface area contributed by atoms with Crippen LogP contribution >= 0.6 is 11.6 Å². The first-order chi connectivity index (χ1) is 8.74. The number of rotatable bonds is 2. The Morgan fingerprint density at radius 2 is 2.17 bits per heavy atom. The summed E-state index contributed by atoms with van der Waals surface area (Å²) in [6.07, 6.45) is 6.66. The molecule has 2 aromatic rings. The summed E-state index contributed by atoms with van der Waals surface area (Å²) >= 11 is 5.92. The summed E-state index contributed by atoms with van der Waals surface area (Å²) in [6, 6.07) is 0.455. The second-order valence-corrected chi connectivity index (χ2v) is 5.29. The number of nitrogens with zero attached hydrogens (tertiary/aromatic N) is 3. The number of H-pyrrole nitrogens is 1. The van der Waals surface area contributed by atoms with Gasteiger partial charge in [-0.3, -0.25) is 0 Å². The number of anilines is 1. The highest BCUT2D eigenvalue weighted by molar-refractivity contribution is 6.28. The predicted octanol–water partition coefficient (Wildman–Crippen LogP) is 3.00. The van der Waals surface area contributed by atoms with Crippen molar-refractivity contribution in [1.29, 1.82) is 0 Å². The number of fused-ring (bicyclic) bond motifs is 1. The number of aromatic nitrogens is 4. The van der Waals surface area contributed by atoms with Gasteiger partial charge < -0.3 is 10.3 Å². The third-order valence-electron chi connectivity index (χ3n) is 3.69. The van der Waals surface area contributed by atoms with Crippen LogP contribution in [-0.2, 0) is 0 Å². The highest BCUT2D eigenvalue weighted by Crippen LogP contribution is 2.28. The van der Waals surface area contributed by atoms with Crippen LogP contribution in [0, 0.1) is 5.92 Å². The van der Waals surface area contributed by atoms with Crippen molar-refractivity contribution in [2.45, 2.75) is 38.6 Å². The molecule has 0 aliphatic heterocycles. The lowest BCUT2D eigenvalue weighted by atomic mass is 9.86. The average Bonchev–Trinajstić information content (AvgIpc) is 2.80. The Bertz CT molecular complexity index is 552. The molecule has 3 rings (SSSR count). The van der Waals surface area contributed by atoms with E-state index >= 15 is 0 Å². The Morgan fingerprint density at radius 1 is 1.33 bits per heavy atom. The first-order valence-corrected chi connectivity index (χ1v) is 6.75. The SMILES string of the molecule is CC1CCCCC1Nc1nc(Cl)nc2nc[nH]c12. The molecule has 0 radical (unpaired) electrons. The first kappa shape index (κ1) is 11.7. The van der Waals surface area contributed by atoms with Crippen LogP contribution in [0.2, 0.25) is 5.28 Å². The van der Waals surface area contributed by atoms with Gasteiger partial charge in [0.15, 0.2) is 11.5 Å². The average molecular weight is 266 g/mol. The van der Waals surface area contributed by atoms with E-state index in [0.717, 1.165) is 11.3 Å². The lowest BCUT2D eigenvalue weighted by Gasteiger charge is -2.29. The zero-order valence-corrected chi connectivity index (χ0v) is 11.0. The normalized spacial score (nSPS) is 24.3. The van der Waals surface area contributed by atoms with Crippen LogP contribution in [0.5, 0.6) is 0 Å². The Balaban J connectivity index is 1.91. The fraction of sp³-hybridized carbons (Fsp3) is 0.583. The van der Waals surface area contributed by atoms with E-state index in [0.29, 0.717) is 17.6 Å². The van der Waals surface area contributed by atoms with Gasteiger partial charge in [-0.2, -0.15) is 9.97 Å². The van der Waals surface area contributed by atoms with Gasteiger partial charge in [0.25, 0.3) is 0 Å². The van der Waals surface area contributed by atoms with Crippen LogP contribution in [0.4, 0.5) is 5.82 Å². The summed E-state index contributed by atoms with van der Waals surface area (Å²) in [5, 5.41) is 3.73. The monoisotopic (exact) mass is 265 g/mol. The quantitative estimate of drug-likeness (QED) is 0.819. The van der Waals surface area contributed by atoms with Gasteiger partial charge in [-0.25, -0.2) is 4.98 Å². The van der Waals surface area contributed by atoms with E-state index in [4.69, 9.17) is 11.6 Å². The minimum atomic E-state index is 0.237. The van der Waals surface area contributed by atoms with E-state index < -0.39 is 0 Å². The number of imidazole rings is 1. The second kappa shape index (κ2) is 4.72. The van der Waals surface area contributed by atoms with Crippen LogP contribution in [-0.4, -0.2) is 26.0 Å². The van der Waals surface area contributed by atoms with Crippen molar-refractivity contribution in [3.8, 4) is 0 Å². The summed E-state index contributed by atoms with van der Waals surface area (Å²) in [6.45, 7) is 2.28. The zero-order valence-electron chi connectivity index (χ0n) is 10.3. The molecule has 2 N–H and O–H groups in total. The smallest absolute Gasteiger partial charge is 0.226 e. The molecule has 0 saturated heterocycles. The van der Waals surface area contributed by atoms with E-state index in [2.05, 4.69) is 32.2 Å². The molecule has 5 nitrogen and oxygen atoms in total. The number of aromatic amines is 1. The molecular weight excluding hydrogens is 250 g/mol. The Kier molecular flexibility index (Phi) is 3.07. The van der Waals surface area contributed by atoms with Gasteiger partial charge in [-0.1, -0.05) is 19.8 Å². The number of halogens is 1. The third kappa shape index (κ3) is 2.14. The van der Waals surface area contributed by atoms with Gasteiger partial charge in [0.05, 0.1) is 6.33 Å². The van der Waals surface area contributed by atoms with Gasteiger partial charge in [-0.15, -0.1) is 0 Å². The molecule has 0 bridgehead atoms. The van der Waals surface area contributed by atoms with Crippen LogP contribution in [0.25, 0.3) is 11.2 Å². The number of hydrogen-bond acceptors (Lipinski definition) is 4. The Hall–Kier alpha value is -1.36. The Labute approximate surface area is 110 Å². The topological polar surface area (TPSA) is 66.5 Å². The maximum Gasteiger partial charge on any atom is 0.226 e. The standard InChI is InChI=1S/C12H16ClN5/c1-7-4-2-3-5-8(7)16-11-9-10(15-6-14-9)17-12(13)18-11/h6-8H,2-5H2,1H3,(H2,14,15,16,17,18). The van der Waals surface area contributed by atoms with Crippen molar-refractivity contribution < 1.29 is 0 Å². The number of hydrogen-bond donors (Lipinski definition) is 2. The fourth-order valence-electron chi connectivity index (χ4n) is 2.62. The minimum Gasteiger partial charge on any atom is -0.365 e. The molecule has 18 heavy (non-hydrogen) atoms. The van der Waals surface area contributed by atoms with Crippen LogP contribution in [0.3, 0.4) is 0 Å². The molecule has 1 saturated carbocycles. The van der Waals surface area contributed by atoms with Gasteiger partial charge in [0.2, 0.25) is 5.28 Å². The molecule has 2 aromatic heterocycles. The van der Waals surface area contributed by atoms with Crippen molar-refractivity contribution >= 4 is 28.6 Å². The highest BCUT2D eigenvalue weighted by atomic mass is 35.5. The van der Waals surface area contributed by atoms with Crippen molar-refractivity contribution in [2.75, 3.05) is 5.32 Å². The van der Waals surface area contributed by atoms with Gasteiger partial charge in [0.1, 0.15) is 5.52 Å². The van der Waals surface area contributed by atoms with Crippen molar-refractivity contribution in [1.82, 2.24) is 19.9 Å². The summed E-state index contributed by atoms with van der Waals surface area (Å²) < 4.78 is 0. The molecule has 6 heteroatoms. The van der Waals surface area contributed by atoms with Gasteiger partial charge in [0, 0.05) is 6.04 Å². The summed E-state index contributed by atoms with van der Waals surface area (Å²) in [5.74, 6) is 1.42. The molecular formula is C12H16ClN5. The lowest BCUT2D eigenvalue weighted by molar-refractivity contribution is 0.349. The summed E-state index contributed by atoms with van der Waals surface area (Å²) in [5.41, 5.74) is 1.44. The summed E-state index contributed by atoms with van der Waals surface area (Å²) in [7, 11) is 0. The van der Waals surface area contributed by atoms with E-state index in [-0.39, 0.29) is 5.28 Å². The molecule has 2 unspecified atom stereocenters. The second-order valence-electron chi connectivity index (χ2n) is 4.95.